The highest BCUT2D eigenvalue weighted by atomic mass is 16.5. The number of carboxylic acid groups (broad SMARTS) is 1. The van der Waals surface area contributed by atoms with Crippen molar-refractivity contribution in [2.45, 2.75) is 19.4 Å². The molecule has 1 N–H and O–H groups in total. The lowest BCUT2D eigenvalue weighted by atomic mass is 10.1. The van der Waals surface area contributed by atoms with Gasteiger partial charge < -0.3 is 14.7 Å². The smallest absolute Gasteiger partial charge is 0.326 e. The molecule has 0 aromatic heterocycles. The number of nitrogens with zero attached hydrogens (tertiary/aromatic N) is 1. The Morgan fingerprint density at radius 1 is 1.57 bits per heavy atom. The summed E-state index contributed by atoms with van der Waals surface area (Å²) >= 11 is 0. The van der Waals surface area contributed by atoms with Crippen LogP contribution in [-0.4, -0.2) is 48.2 Å². The SMILES string of the molecule is CC(C(=O)O)N(C)C(=O)C1CCOC1. The Balaban J connectivity index is 2.54. The van der Waals surface area contributed by atoms with Crippen molar-refractivity contribution in [3.05, 3.63) is 0 Å². The quantitative estimate of drug-likeness (QED) is 0.695. The minimum atomic E-state index is -0.986. The van der Waals surface area contributed by atoms with E-state index in [1.54, 1.807) is 0 Å². The lowest BCUT2D eigenvalue weighted by molar-refractivity contribution is -0.149. The molecule has 5 nitrogen and oxygen atoms in total. The summed E-state index contributed by atoms with van der Waals surface area (Å²) < 4.78 is 5.07. The van der Waals surface area contributed by atoms with E-state index in [0.29, 0.717) is 19.6 Å². The van der Waals surface area contributed by atoms with Crippen molar-refractivity contribution in [2.75, 3.05) is 20.3 Å². The number of hydrogen-bond acceptors (Lipinski definition) is 3. The highest BCUT2D eigenvalue weighted by molar-refractivity contribution is 5.84. The number of amides is 1. The third-order valence-corrected chi connectivity index (χ3v) is 2.56. The molecule has 1 aliphatic rings. The number of hydrogen-bond donors (Lipinski definition) is 1. The Morgan fingerprint density at radius 3 is 2.64 bits per heavy atom. The first-order valence-electron chi connectivity index (χ1n) is 4.61. The monoisotopic (exact) mass is 201 g/mol. The molecule has 1 amide bonds. The van der Waals surface area contributed by atoms with Crippen LogP contribution in [0.3, 0.4) is 0 Å². The molecule has 0 aromatic carbocycles. The standard InChI is InChI=1S/C9H15NO4/c1-6(9(12)13)10(2)8(11)7-3-4-14-5-7/h6-7H,3-5H2,1-2H3,(H,12,13). The van der Waals surface area contributed by atoms with Gasteiger partial charge in [0.1, 0.15) is 6.04 Å². The number of aliphatic carboxylic acids is 1. The molecule has 80 valence electrons. The van der Waals surface area contributed by atoms with E-state index in [-0.39, 0.29) is 11.8 Å². The van der Waals surface area contributed by atoms with Crippen LogP contribution in [0.1, 0.15) is 13.3 Å². The van der Waals surface area contributed by atoms with Crippen molar-refractivity contribution in [3.8, 4) is 0 Å². The van der Waals surface area contributed by atoms with Crippen molar-refractivity contribution in [1.29, 1.82) is 0 Å². The van der Waals surface area contributed by atoms with Crippen LogP contribution >= 0.6 is 0 Å². The Morgan fingerprint density at radius 2 is 2.21 bits per heavy atom. The van der Waals surface area contributed by atoms with Crippen LogP contribution < -0.4 is 0 Å². The van der Waals surface area contributed by atoms with Crippen molar-refractivity contribution in [2.24, 2.45) is 5.92 Å². The molecule has 0 saturated carbocycles. The van der Waals surface area contributed by atoms with E-state index in [1.807, 2.05) is 0 Å². The maximum Gasteiger partial charge on any atom is 0.326 e. The molecule has 0 radical (unpaired) electrons. The highest BCUT2D eigenvalue weighted by Crippen LogP contribution is 2.15. The molecule has 0 aliphatic carbocycles. The van der Waals surface area contributed by atoms with Crippen molar-refractivity contribution >= 4 is 11.9 Å². The third kappa shape index (κ3) is 2.23. The number of ether oxygens (including phenoxy) is 1. The Kier molecular flexibility index (Phi) is 3.46. The van der Waals surface area contributed by atoms with Crippen LogP contribution in [0.4, 0.5) is 0 Å². The van der Waals surface area contributed by atoms with Gasteiger partial charge in [-0.15, -0.1) is 0 Å². The van der Waals surface area contributed by atoms with Gasteiger partial charge >= 0.3 is 5.97 Å². The van der Waals surface area contributed by atoms with Crippen LogP contribution in [0.15, 0.2) is 0 Å². The van der Waals surface area contributed by atoms with E-state index in [0.717, 1.165) is 0 Å². The molecule has 1 fully saturated rings. The number of carbonyl (C=O) groups excluding carboxylic acids is 1. The van der Waals surface area contributed by atoms with Gasteiger partial charge in [0, 0.05) is 13.7 Å². The lowest BCUT2D eigenvalue weighted by Gasteiger charge is -2.23. The molecule has 14 heavy (non-hydrogen) atoms. The summed E-state index contributed by atoms with van der Waals surface area (Å²) in [6.07, 6.45) is 0.690. The number of rotatable bonds is 3. The van der Waals surface area contributed by atoms with Gasteiger partial charge in [0.2, 0.25) is 5.91 Å². The van der Waals surface area contributed by atoms with E-state index in [9.17, 15) is 9.59 Å². The van der Waals surface area contributed by atoms with Gasteiger partial charge in [-0.3, -0.25) is 4.79 Å². The highest BCUT2D eigenvalue weighted by Gasteiger charge is 2.30. The van der Waals surface area contributed by atoms with Crippen LogP contribution in [0, 0.1) is 5.92 Å². The molecule has 0 spiro atoms. The first-order chi connectivity index (χ1) is 6.54. The molecule has 1 aliphatic heterocycles. The number of carbonyl (C=O) groups is 2. The summed E-state index contributed by atoms with van der Waals surface area (Å²) in [7, 11) is 1.51. The first kappa shape index (κ1) is 11.0. The zero-order valence-corrected chi connectivity index (χ0v) is 8.40. The van der Waals surface area contributed by atoms with Gasteiger partial charge in [-0.05, 0) is 13.3 Å². The fourth-order valence-corrected chi connectivity index (χ4v) is 1.37. The Labute approximate surface area is 82.6 Å². The lowest BCUT2D eigenvalue weighted by Crippen LogP contribution is -2.43. The topological polar surface area (TPSA) is 66.8 Å². The predicted molar refractivity (Wildman–Crippen MR) is 48.8 cm³/mol. The average Bonchev–Trinajstić information content (AvgIpc) is 2.67. The summed E-state index contributed by atoms with van der Waals surface area (Å²) in [5.41, 5.74) is 0. The summed E-state index contributed by atoms with van der Waals surface area (Å²) in [5.74, 6) is -1.29. The van der Waals surface area contributed by atoms with Gasteiger partial charge in [-0.2, -0.15) is 0 Å². The molecular formula is C9H15NO4. The number of likely N-dealkylation sites (N-methyl/N-ethyl adjacent to an activating group) is 1. The molecule has 2 atom stereocenters. The summed E-state index contributed by atoms with van der Waals surface area (Å²) in [4.78, 5) is 23.6. The summed E-state index contributed by atoms with van der Waals surface area (Å²) in [6, 6.07) is -0.775. The van der Waals surface area contributed by atoms with E-state index in [4.69, 9.17) is 9.84 Å². The van der Waals surface area contributed by atoms with Crippen LogP contribution in [0.5, 0.6) is 0 Å². The molecule has 1 rings (SSSR count). The summed E-state index contributed by atoms with van der Waals surface area (Å²) in [6.45, 7) is 2.50. The van der Waals surface area contributed by atoms with Crippen LogP contribution in [0.25, 0.3) is 0 Å². The van der Waals surface area contributed by atoms with Gasteiger partial charge in [0.25, 0.3) is 0 Å². The molecule has 0 bridgehead atoms. The predicted octanol–water partition coefficient (Wildman–Crippen LogP) is -0.0456. The molecule has 0 aromatic rings. The van der Waals surface area contributed by atoms with Crippen LogP contribution in [0.2, 0.25) is 0 Å². The van der Waals surface area contributed by atoms with Crippen molar-refractivity contribution in [1.82, 2.24) is 4.90 Å². The van der Waals surface area contributed by atoms with E-state index >= 15 is 0 Å². The zero-order chi connectivity index (χ0) is 10.7. The fourth-order valence-electron chi connectivity index (χ4n) is 1.37. The number of carboxylic acids is 1. The zero-order valence-electron chi connectivity index (χ0n) is 8.40. The fraction of sp³-hybridized carbons (Fsp3) is 0.778. The second-order valence-electron chi connectivity index (χ2n) is 3.52. The first-order valence-corrected chi connectivity index (χ1v) is 4.61. The second-order valence-corrected chi connectivity index (χ2v) is 3.52. The molecule has 1 heterocycles. The maximum atomic E-state index is 11.7. The van der Waals surface area contributed by atoms with Gasteiger partial charge in [0.15, 0.2) is 0 Å². The second kappa shape index (κ2) is 4.41. The van der Waals surface area contributed by atoms with Crippen molar-refractivity contribution < 1.29 is 19.4 Å². The third-order valence-electron chi connectivity index (χ3n) is 2.56. The minimum Gasteiger partial charge on any atom is -0.480 e. The van der Waals surface area contributed by atoms with Crippen molar-refractivity contribution in [3.63, 3.8) is 0 Å². The van der Waals surface area contributed by atoms with E-state index in [2.05, 4.69) is 0 Å². The average molecular weight is 201 g/mol. The van der Waals surface area contributed by atoms with Gasteiger partial charge in [-0.25, -0.2) is 4.79 Å². The minimum absolute atomic E-state index is 0.141. The molecular weight excluding hydrogens is 186 g/mol. The van der Waals surface area contributed by atoms with Gasteiger partial charge in [-0.1, -0.05) is 0 Å². The van der Waals surface area contributed by atoms with E-state index in [1.165, 1.54) is 18.9 Å². The normalized spacial score (nSPS) is 23.1. The molecule has 5 heteroatoms. The molecule has 2 unspecified atom stereocenters. The van der Waals surface area contributed by atoms with E-state index < -0.39 is 12.0 Å². The maximum absolute atomic E-state index is 11.7. The van der Waals surface area contributed by atoms with Gasteiger partial charge in [0.05, 0.1) is 12.5 Å². The molecule has 1 saturated heterocycles. The summed E-state index contributed by atoms with van der Waals surface area (Å²) in [5, 5.41) is 8.72. The Hall–Kier alpha value is -1.10. The Bertz CT molecular complexity index is 235. The van der Waals surface area contributed by atoms with Crippen LogP contribution in [-0.2, 0) is 14.3 Å². The largest absolute Gasteiger partial charge is 0.480 e.